The van der Waals surface area contributed by atoms with Crippen molar-refractivity contribution in [3.8, 4) is 11.5 Å². The monoisotopic (exact) mass is 388 g/mol. The Kier molecular flexibility index (Phi) is 7.91. The number of hydrogen-bond acceptors (Lipinski definition) is 3. The van der Waals surface area contributed by atoms with Crippen LogP contribution in [-0.4, -0.2) is 18.9 Å². The van der Waals surface area contributed by atoms with Gasteiger partial charge in [-0.15, -0.1) is 0 Å². The maximum absolute atomic E-state index is 12.1. The van der Waals surface area contributed by atoms with Crippen molar-refractivity contribution in [1.29, 1.82) is 0 Å². The summed E-state index contributed by atoms with van der Waals surface area (Å²) in [6.45, 7) is 5.33. The van der Waals surface area contributed by atoms with Gasteiger partial charge in [-0.05, 0) is 69.9 Å². The SMILES string of the molecule is CC(C)(C)S(=O)(=O)CCCCCCCc1ccc(Oc2ccccc2)cc1. The molecule has 0 heterocycles. The van der Waals surface area contributed by atoms with Crippen LogP contribution < -0.4 is 4.74 Å². The molecule has 0 N–H and O–H groups in total. The maximum Gasteiger partial charge on any atom is 0.155 e. The van der Waals surface area contributed by atoms with Gasteiger partial charge in [-0.3, -0.25) is 0 Å². The third kappa shape index (κ3) is 7.37. The summed E-state index contributed by atoms with van der Waals surface area (Å²) in [5, 5.41) is 0. The maximum atomic E-state index is 12.1. The van der Waals surface area contributed by atoms with Crippen LogP contribution in [0.15, 0.2) is 54.6 Å². The lowest BCUT2D eigenvalue weighted by molar-refractivity contribution is 0.482. The molecule has 0 saturated heterocycles. The van der Waals surface area contributed by atoms with Gasteiger partial charge in [-0.1, -0.05) is 49.6 Å². The second-order valence-electron chi connectivity index (χ2n) is 8.01. The molecule has 2 rings (SSSR count). The number of ether oxygens (including phenoxy) is 1. The fraction of sp³-hybridized carbons (Fsp3) is 0.478. The molecule has 0 aliphatic heterocycles. The molecule has 0 spiro atoms. The zero-order valence-corrected chi connectivity index (χ0v) is 17.6. The van der Waals surface area contributed by atoms with Crippen molar-refractivity contribution in [1.82, 2.24) is 0 Å². The number of sulfone groups is 1. The van der Waals surface area contributed by atoms with Crippen molar-refractivity contribution < 1.29 is 13.2 Å². The average Bonchev–Trinajstić information content (AvgIpc) is 2.62. The van der Waals surface area contributed by atoms with Crippen molar-refractivity contribution >= 4 is 9.84 Å². The summed E-state index contributed by atoms with van der Waals surface area (Å²) >= 11 is 0. The molecule has 0 amide bonds. The second kappa shape index (κ2) is 9.93. The van der Waals surface area contributed by atoms with Crippen molar-refractivity contribution in [3.05, 3.63) is 60.2 Å². The van der Waals surface area contributed by atoms with E-state index in [1.807, 2.05) is 42.5 Å². The minimum absolute atomic E-state index is 0.305. The fourth-order valence-corrected chi connectivity index (χ4v) is 4.00. The Hall–Kier alpha value is -1.81. The zero-order valence-electron chi connectivity index (χ0n) is 16.8. The van der Waals surface area contributed by atoms with E-state index in [4.69, 9.17) is 4.74 Å². The quantitative estimate of drug-likeness (QED) is 0.456. The molecular weight excluding hydrogens is 356 g/mol. The highest BCUT2D eigenvalue weighted by atomic mass is 32.2. The molecule has 2 aromatic carbocycles. The van der Waals surface area contributed by atoms with Gasteiger partial charge in [0, 0.05) is 0 Å². The summed E-state index contributed by atoms with van der Waals surface area (Å²) in [5.74, 6) is 2.00. The van der Waals surface area contributed by atoms with E-state index in [0.29, 0.717) is 5.75 Å². The van der Waals surface area contributed by atoms with Crippen LogP contribution in [0.4, 0.5) is 0 Å². The van der Waals surface area contributed by atoms with E-state index in [0.717, 1.165) is 50.0 Å². The van der Waals surface area contributed by atoms with Gasteiger partial charge in [0.15, 0.2) is 9.84 Å². The van der Waals surface area contributed by atoms with Crippen molar-refractivity contribution in [3.63, 3.8) is 0 Å². The first-order valence-electron chi connectivity index (χ1n) is 9.82. The first-order valence-corrected chi connectivity index (χ1v) is 11.5. The number of unbranched alkanes of at least 4 members (excludes halogenated alkanes) is 4. The predicted octanol–water partition coefficient (Wildman–Crippen LogP) is 6.19. The molecule has 0 aliphatic rings. The molecule has 0 saturated carbocycles. The normalized spacial score (nSPS) is 12.1. The topological polar surface area (TPSA) is 43.4 Å². The molecular formula is C23H32O3S. The van der Waals surface area contributed by atoms with Gasteiger partial charge >= 0.3 is 0 Å². The van der Waals surface area contributed by atoms with Gasteiger partial charge in [0.25, 0.3) is 0 Å². The van der Waals surface area contributed by atoms with Crippen LogP contribution in [0.2, 0.25) is 0 Å². The van der Waals surface area contributed by atoms with E-state index in [9.17, 15) is 8.42 Å². The largest absolute Gasteiger partial charge is 0.457 e. The Morgan fingerprint density at radius 1 is 0.741 bits per heavy atom. The molecule has 0 radical (unpaired) electrons. The van der Waals surface area contributed by atoms with E-state index in [1.54, 1.807) is 20.8 Å². The third-order valence-corrected chi connectivity index (χ3v) is 7.41. The van der Waals surface area contributed by atoms with E-state index < -0.39 is 14.6 Å². The van der Waals surface area contributed by atoms with E-state index >= 15 is 0 Å². The minimum Gasteiger partial charge on any atom is -0.457 e. The molecule has 0 fully saturated rings. The summed E-state index contributed by atoms with van der Waals surface area (Å²) in [6, 6.07) is 18.0. The number of hydrogen-bond donors (Lipinski definition) is 0. The Morgan fingerprint density at radius 2 is 1.30 bits per heavy atom. The Balaban J connectivity index is 1.62. The van der Waals surface area contributed by atoms with Gasteiger partial charge in [-0.2, -0.15) is 0 Å². The van der Waals surface area contributed by atoms with Crippen LogP contribution in [0, 0.1) is 0 Å². The van der Waals surface area contributed by atoms with Crippen LogP contribution in [-0.2, 0) is 16.3 Å². The summed E-state index contributed by atoms with van der Waals surface area (Å²) < 4.78 is 29.3. The van der Waals surface area contributed by atoms with Gasteiger partial charge in [-0.25, -0.2) is 8.42 Å². The van der Waals surface area contributed by atoms with Crippen LogP contribution in [0.25, 0.3) is 0 Å². The zero-order chi connectivity index (χ0) is 19.8. The highest BCUT2D eigenvalue weighted by Crippen LogP contribution is 2.22. The lowest BCUT2D eigenvalue weighted by atomic mass is 10.1. The van der Waals surface area contributed by atoms with E-state index in [2.05, 4.69) is 12.1 Å². The van der Waals surface area contributed by atoms with Crippen LogP contribution in [0.1, 0.15) is 58.4 Å². The lowest BCUT2D eigenvalue weighted by Gasteiger charge is -2.18. The molecule has 0 atom stereocenters. The second-order valence-corrected chi connectivity index (χ2v) is 10.9. The molecule has 2 aromatic rings. The summed E-state index contributed by atoms with van der Waals surface area (Å²) in [4.78, 5) is 0. The van der Waals surface area contributed by atoms with Crippen molar-refractivity contribution in [2.24, 2.45) is 0 Å². The molecule has 0 unspecified atom stereocenters. The van der Waals surface area contributed by atoms with Gasteiger partial charge in [0.05, 0.1) is 10.5 Å². The highest BCUT2D eigenvalue weighted by Gasteiger charge is 2.27. The molecule has 0 bridgehead atoms. The fourth-order valence-electron chi connectivity index (χ4n) is 2.81. The van der Waals surface area contributed by atoms with Gasteiger partial charge in [0.2, 0.25) is 0 Å². The summed E-state index contributed by atoms with van der Waals surface area (Å²) in [7, 11) is -2.97. The molecule has 0 aromatic heterocycles. The Bertz CT molecular complexity index is 773. The van der Waals surface area contributed by atoms with Crippen LogP contribution >= 0.6 is 0 Å². The molecule has 27 heavy (non-hydrogen) atoms. The predicted molar refractivity (Wildman–Crippen MR) is 113 cm³/mol. The Morgan fingerprint density at radius 3 is 1.93 bits per heavy atom. The number of benzene rings is 2. The standard InChI is InChI=1S/C23H32O3S/c1-23(2,3)27(24,25)19-11-6-4-5-8-12-20-15-17-22(18-16-20)26-21-13-9-7-10-14-21/h7,9-10,13-18H,4-6,8,11-12,19H2,1-3H3. The summed E-state index contributed by atoms with van der Waals surface area (Å²) in [5.41, 5.74) is 1.31. The first kappa shape index (κ1) is 21.5. The average molecular weight is 389 g/mol. The summed E-state index contributed by atoms with van der Waals surface area (Å²) in [6.07, 6.45) is 6.16. The smallest absolute Gasteiger partial charge is 0.155 e. The molecule has 4 heteroatoms. The van der Waals surface area contributed by atoms with Crippen LogP contribution in [0.5, 0.6) is 11.5 Å². The van der Waals surface area contributed by atoms with Gasteiger partial charge < -0.3 is 4.74 Å². The van der Waals surface area contributed by atoms with Crippen LogP contribution in [0.3, 0.4) is 0 Å². The molecule has 148 valence electrons. The van der Waals surface area contributed by atoms with E-state index in [-0.39, 0.29) is 0 Å². The molecule has 3 nitrogen and oxygen atoms in total. The lowest BCUT2D eigenvalue weighted by Crippen LogP contribution is -2.30. The Labute approximate surface area is 164 Å². The molecule has 0 aliphatic carbocycles. The number of rotatable bonds is 10. The highest BCUT2D eigenvalue weighted by molar-refractivity contribution is 7.92. The number of para-hydroxylation sites is 1. The third-order valence-electron chi connectivity index (χ3n) is 4.71. The minimum atomic E-state index is -2.97. The van der Waals surface area contributed by atoms with E-state index in [1.165, 1.54) is 5.56 Å². The van der Waals surface area contributed by atoms with Gasteiger partial charge in [0.1, 0.15) is 11.5 Å². The number of aryl methyl sites for hydroxylation is 1. The first-order chi connectivity index (χ1) is 12.8. The van der Waals surface area contributed by atoms with Crippen molar-refractivity contribution in [2.45, 2.75) is 64.0 Å². The van der Waals surface area contributed by atoms with Crippen molar-refractivity contribution in [2.75, 3.05) is 5.75 Å².